The van der Waals surface area contributed by atoms with Gasteiger partial charge in [0.2, 0.25) is 0 Å². The predicted octanol–water partition coefficient (Wildman–Crippen LogP) is 12.7. The summed E-state index contributed by atoms with van der Waals surface area (Å²) in [4.78, 5) is 0. The summed E-state index contributed by atoms with van der Waals surface area (Å²) >= 11 is 0. The van der Waals surface area contributed by atoms with Gasteiger partial charge >= 0.3 is 0 Å². The van der Waals surface area contributed by atoms with Gasteiger partial charge in [0.05, 0.1) is 33.1 Å². The van der Waals surface area contributed by atoms with Gasteiger partial charge in [0, 0.05) is 49.4 Å². The first-order valence-corrected chi connectivity index (χ1v) is 17.6. The number of para-hydroxylation sites is 3. The lowest BCUT2D eigenvalue weighted by Crippen LogP contribution is -1.96. The fourth-order valence-corrected chi connectivity index (χ4v) is 9.19. The number of nitrogens with zero attached hydrogens (tertiary/aromatic N) is 3. The minimum atomic E-state index is 1.16. The van der Waals surface area contributed by atoms with Gasteiger partial charge < -0.3 is 13.7 Å². The maximum absolute atomic E-state index is 2.50. The van der Waals surface area contributed by atoms with Gasteiger partial charge in [-0.25, -0.2) is 0 Å². The van der Waals surface area contributed by atoms with Gasteiger partial charge in [-0.15, -0.1) is 0 Å². The van der Waals surface area contributed by atoms with Crippen LogP contribution in [0.2, 0.25) is 0 Å². The SMILES string of the molecule is c1ccc(-n2c3ccccc3c3cc(-n4c5cccc6c7ccccc7c7cccc8c7c7c(c65)c4ccc7n8-c4ccccc4)ccc32)cc1. The Kier molecular flexibility index (Phi) is 5.23. The van der Waals surface area contributed by atoms with Gasteiger partial charge in [0.25, 0.3) is 0 Å². The quantitative estimate of drug-likeness (QED) is 0.181. The molecule has 0 fully saturated rings. The monoisotopic (exact) mass is 647 g/mol. The molecule has 12 rings (SSSR count). The zero-order valence-corrected chi connectivity index (χ0v) is 27.6. The van der Waals surface area contributed by atoms with Crippen LogP contribution in [0, 0.1) is 0 Å². The Morgan fingerprint density at radius 1 is 0.216 bits per heavy atom. The second kappa shape index (κ2) is 9.87. The first kappa shape index (κ1) is 27.0. The largest absolute Gasteiger partial charge is 0.309 e. The van der Waals surface area contributed by atoms with Gasteiger partial charge in [0.15, 0.2) is 0 Å². The molecule has 0 aliphatic carbocycles. The van der Waals surface area contributed by atoms with E-state index in [1.807, 2.05) is 0 Å². The van der Waals surface area contributed by atoms with E-state index in [-0.39, 0.29) is 0 Å². The van der Waals surface area contributed by atoms with Crippen LogP contribution in [-0.2, 0) is 0 Å². The molecule has 0 aliphatic rings. The Morgan fingerprint density at radius 3 is 1.20 bits per heavy atom. The van der Waals surface area contributed by atoms with Crippen molar-refractivity contribution in [2.75, 3.05) is 0 Å². The molecule has 12 aromatic rings. The van der Waals surface area contributed by atoms with Crippen LogP contribution in [0.1, 0.15) is 0 Å². The van der Waals surface area contributed by atoms with Crippen molar-refractivity contribution in [2.45, 2.75) is 0 Å². The van der Waals surface area contributed by atoms with Crippen LogP contribution in [0.4, 0.5) is 0 Å². The van der Waals surface area contributed by atoms with Crippen molar-refractivity contribution in [1.82, 2.24) is 13.7 Å². The predicted molar refractivity (Wildman–Crippen MR) is 216 cm³/mol. The van der Waals surface area contributed by atoms with E-state index in [4.69, 9.17) is 0 Å². The third-order valence-electron chi connectivity index (χ3n) is 11.2. The molecule has 0 unspecified atom stereocenters. The van der Waals surface area contributed by atoms with E-state index >= 15 is 0 Å². The number of benzene rings is 8. The fourth-order valence-electron chi connectivity index (χ4n) is 9.19. The van der Waals surface area contributed by atoms with Gasteiger partial charge in [0.1, 0.15) is 0 Å². The lowest BCUT2D eigenvalue weighted by Gasteiger charge is -2.11. The topological polar surface area (TPSA) is 14.8 Å². The molecule has 0 amide bonds. The first-order valence-electron chi connectivity index (χ1n) is 17.6. The van der Waals surface area contributed by atoms with Crippen molar-refractivity contribution < 1.29 is 0 Å². The molecule has 3 aromatic heterocycles. The summed E-state index contributed by atoms with van der Waals surface area (Å²) < 4.78 is 7.35. The van der Waals surface area contributed by atoms with Crippen molar-refractivity contribution in [1.29, 1.82) is 0 Å². The van der Waals surface area contributed by atoms with Crippen LogP contribution in [0.5, 0.6) is 0 Å². The molecule has 0 radical (unpaired) electrons. The third-order valence-corrected chi connectivity index (χ3v) is 11.2. The van der Waals surface area contributed by atoms with Crippen molar-refractivity contribution in [3.05, 3.63) is 176 Å². The zero-order valence-electron chi connectivity index (χ0n) is 27.6. The Balaban J connectivity index is 1.29. The van der Waals surface area contributed by atoms with Crippen molar-refractivity contribution in [3.8, 4) is 17.1 Å². The molecule has 3 nitrogen and oxygen atoms in total. The maximum atomic E-state index is 2.50. The highest BCUT2D eigenvalue weighted by atomic mass is 15.0. The summed E-state index contributed by atoms with van der Waals surface area (Å²) in [5.41, 5.74) is 10.8. The zero-order chi connectivity index (χ0) is 33.2. The van der Waals surface area contributed by atoms with Gasteiger partial charge in [-0.05, 0) is 94.3 Å². The Bertz CT molecular complexity index is 3340. The summed E-state index contributed by atoms with van der Waals surface area (Å²) in [6, 6.07) is 64.7. The Hall–Kier alpha value is -6.84. The average Bonchev–Trinajstić information content (AvgIpc) is 3.83. The molecule has 0 atom stereocenters. The lowest BCUT2D eigenvalue weighted by atomic mass is 9.95. The number of rotatable bonds is 3. The number of hydrogen-bond acceptors (Lipinski definition) is 0. The smallest absolute Gasteiger partial charge is 0.0549 e. The minimum Gasteiger partial charge on any atom is -0.309 e. The van der Waals surface area contributed by atoms with Crippen LogP contribution in [0.15, 0.2) is 176 Å². The summed E-state index contributed by atoms with van der Waals surface area (Å²) in [5.74, 6) is 0. The van der Waals surface area contributed by atoms with E-state index in [0.717, 1.165) is 5.69 Å². The summed E-state index contributed by atoms with van der Waals surface area (Å²) in [6.07, 6.45) is 0. The average molecular weight is 648 g/mol. The third kappa shape index (κ3) is 3.47. The highest BCUT2D eigenvalue weighted by Gasteiger charge is 2.24. The molecule has 0 N–H and O–H groups in total. The van der Waals surface area contributed by atoms with E-state index in [1.54, 1.807) is 0 Å². The van der Waals surface area contributed by atoms with Crippen LogP contribution in [0.25, 0.3) is 104 Å². The molecule has 0 saturated heterocycles. The second-order valence-electron chi connectivity index (χ2n) is 13.7. The Labute approximate surface area is 292 Å². The fraction of sp³-hybridized carbons (Fsp3) is 0. The lowest BCUT2D eigenvalue weighted by molar-refractivity contribution is 1.16. The summed E-state index contributed by atoms with van der Waals surface area (Å²) in [7, 11) is 0. The van der Waals surface area contributed by atoms with E-state index < -0.39 is 0 Å². The molecule has 3 heterocycles. The molecule has 51 heavy (non-hydrogen) atoms. The van der Waals surface area contributed by atoms with E-state index in [1.165, 1.54) is 98.3 Å². The molecule has 9 aromatic carbocycles. The highest BCUT2D eigenvalue weighted by Crippen LogP contribution is 2.48. The standard InChI is InChI=1S/C48H29N3/c1-3-13-30(14-4-1)49-39-22-10-9-19-35(39)38-29-32(25-26-40(38)49)51-42-24-12-21-37-34-18-8-7-17-33(34)36-20-11-23-41-45(36)47-43(27-28-44(51)48(47)46(37)42)50(41)31-15-5-2-6-16-31/h1-29H. The molecular weight excluding hydrogens is 619 g/mol. The van der Waals surface area contributed by atoms with Crippen molar-refractivity contribution in [3.63, 3.8) is 0 Å². The van der Waals surface area contributed by atoms with Crippen LogP contribution < -0.4 is 0 Å². The van der Waals surface area contributed by atoms with Gasteiger partial charge in [-0.2, -0.15) is 0 Å². The molecule has 0 spiro atoms. The van der Waals surface area contributed by atoms with Crippen molar-refractivity contribution in [2.24, 2.45) is 0 Å². The van der Waals surface area contributed by atoms with Gasteiger partial charge in [-0.1, -0.05) is 103 Å². The number of aromatic nitrogens is 3. The minimum absolute atomic E-state index is 1.16. The van der Waals surface area contributed by atoms with E-state index in [0.29, 0.717) is 0 Å². The van der Waals surface area contributed by atoms with Crippen LogP contribution in [0.3, 0.4) is 0 Å². The van der Waals surface area contributed by atoms with Gasteiger partial charge in [-0.3, -0.25) is 0 Å². The molecule has 236 valence electrons. The number of hydrogen-bond donors (Lipinski definition) is 0. The molecule has 0 aliphatic heterocycles. The molecular formula is C48H29N3. The van der Waals surface area contributed by atoms with Crippen molar-refractivity contribution >= 4 is 87.0 Å². The summed E-state index contributed by atoms with van der Waals surface area (Å²) in [5, 5.41) is 12.8. The molecule has 0 saturated carbocycles. The molecule has 3 heteroatoms. The second-order valence-corrected chi connectivity index (χ2v) is 13.7. The first-order chi connectivity index (χ1) is 25.3. The summed E-state index contributed by atoms with van der Waals surface area (Å²) in [6.45, 7) is 0. The van der Waals surface area contributed by atoms with E-state index in [2.05, 4.69) is 190 Å². The highest BCUT2D eigenvalue weighted by molar-refractivity contribution is 6.39. The van der Waals surface area contributed by atoms with Crippen LogP contribution in [-0.4, -0.2) is 13.7 Å². The Morgan fingerprint density at radius 2 is 0.608 bits per heavy atom. The normalized spacial score (nSPS) is 12.3. The number of fused-ring (bicyclic) bond motifs is 6. The van der Waals surface area contributed by atoms with E-state index in [9.17, 15) is 0 Å². The molecule has 0 bridgehead atoms. The maximum Gasteiger partial charge on any atom is 0.0549 e. The van der Waals surface area contributed by atoms with Crippen LogP contribution >= 0.6 is 0 Å².